The topological polar surface area (TPSA) is 43.4 Å². The largest absolute Gasteiger partial charge is 0.490 e. The standard InChI is InChI=1S/C16H19ClN2O2/c1-2-18-12-15-14(17)8-9-16(19-15)21-11-10-20-13-6-4-3-5-7-13/h3-9,18H,2,10-12H2,1H3. The Bertz CT molecular complexity index is 549. The highest BCUT2D eigenvalue weighted by molar-refractivity contribution is 6.31. The lowest BCUT2D eigenvalue weighted by Gasteiger charge is -2.10. The van der Waals surface area contributed by atoms with Crippen LogP contribution in [0.15, 0.2) is 42.5 Å². The van der Waals surface area contributed by atoms with Crippen LogP contribution >= 0.6 is 11.6 Å². The van der Waals surface area contributed by atoms with Crippen molar-refractivity contribution < 1.29 is 9.47 Å². The number of halogens is 1. The average Bonchev–Trinajstić information content (AvgIpc) is 2.52. The summed E-state index contributed by atoms with van der Waals surface area (Å²) in [7, 11) is 0. The molecule has 0 saturated heterocycles. The third-order valence-corrected chi connectivity index (χ3v) is 3.12. The van der Waals surface area contributed by atoms with Gasteiger partial charge in [-0.3, -0.25) is 0 Å². The van der Waals surface area contributed by atoms with Crippen molar-refractivity contribution in [2.45, 2.75) is 13.5 Å². The van der Waals surface area contributed by atoms with Gasteiger partial charge in [0.2, 0.25) is 5.88 Å². The van der Waals surface area contributed by atoms with Gasteiger partial charge in [-0.1, -0.05) is 36.7 Å². The molecule has 1 aromatic carbocycles. The number of nitrogens with zero attached hydrogens (tertiary/aromatic N) is 1. The molecule has 0 radical (unpaired) electrons. The summed E-state index contributed by atoms with van der Waals surface area (Å²) in [6.45, 7) is 4.44. The van der Waals surface area contributed by atoms with E-state index < -0.39 is 0 Å². The number of hydrogen-bond acceptors (Lipinski definition) is 4. The molecule has 0 spiro atoms. The number of aromatic nitrogens is 1. The highest BCUT2D eigenvalue weighted by Crippen LogP contribution is 2.18. The van der Waals surface area contributed by atoms with Gasteiger partial charge < -0.3 is 14.8 Å². The van der Waals surface area contributed by atoms with Gasteiger partial charge in [0.15, 0.2) is 0 Å². The van der Waals surface area contributed by atoms with Crippen molar-refractivity contribution >= 4 is 11.6 Å². The van der Waals surface area contributed by atoms with Gasteiger partial charge in [-0.15, -0.1) is 0 Å². The molecule has 112 valence electrons. The van der Waals surface area contributed by atoms with Gasteiger partial charge in [0.25, 0.3) is 0 Å². The Hall–Kier alpha value is -1.78. The fraction of sp³-hybridized carbons (Fsp3) is 0.312. The lowest BCUT2D eigenvalue weighted by Crippen LogP contribution is -2.14. The maximum Gasteiger partial charge on any atom is 0.213 e. The zero-order valence-electron chi connectivity index (χ0n) is 12.0. The van der Waals surface area contributed by atoms with Gasteiger partial charge in [-0.25, -0.2) is 4.98 Å². The summed E-state index contributed by atoms with van der Waals surface area (Å²) in [5.74, 6) is 1.39. The summed E-state index contributed by atoms with van der Waals surface area (Å²) in [6, 6.07) is 13.2. The molecule has 4 nitrogen and oxygen atoms in total. The van der Waals surface area contributed by atoms with E-state index in [0.29, 0.717) is 30.7 Å². The van der Waals surface area contributed by atoms with Crippen LogP contribution in [0.25, 0.3) is 0 Å². The van der Waals surface area contributed by atoms with Crippen LogP contribution in [0, 0.1) is 0 Å². The predicted octanol–water partition coefficient (Wildman–Crippen LogP) is 3.30. The van der Waals surface area contributed by atoms with E-state index in [4.69, 9.17) is 21.1 Å². The molecule has 0 amide bonds. The first-order valence-corrected chi connectivity index (χ1v) is 7.34. The zero-order chi connectivity index (χ0) is 14.9. The summed E-state index contributed by atoms with van der Waals surface area (Å²) in [4.78, 5) is 4.38. The van der Waals surface area contributed by atoms with Gasteiger partial charge in [-0.05, 0) is 24.7 Å². The summed E-state index contributed by atoms with van der Waals surface area (Å²) in [5.41, 5.74) is 0.792. The second-order valence-electron chi connectivity index (χ2n) is 4.37. The first-order chi connectivity index (χ1) is 10.3. The van der Waals surface area contributed by atoms with E-state index in [9.17, 15) is 0 Å². The van der Waals surface area contributed by atoms with Crippen LogP contribution in [0.1, 0.15) is 12.6 Å². The van der Waals surface area contributed by atoms with Crippen LogP contribution in [0.3, 0.4) is 0 Å². The van der Waals surface area contributed by atoms with E-state index in [-0.39, 0.29) is 0 Å². The minimum Gasteiger partial charge on any atom is -0.490 e. The molecule has 0 aliphatic rings. The van der Waals surface area contributed by atoms with Crippen molar-refractivity contribution in [1.29, 1.82) is 0 Å². The van der Waals surface area contributed by atoms with Crippen LogP contribution in [0.5, 0.6) is 11.6 Å². The van der Waals surface area contributed by atoms with Crippen molar-refractivity contribution in [3.05, 3.63) is 53.2 Å². The summed E-state index contributed by atoms with van der Waals surface area (Å²) in [6.07, 6.45) is 0. The fourth-order valence-electron chi connectivity index (χ4n) is 1.73. The molecular weight excluding hydrogens is 288 g/mol. The van der Waals surface area contributed by atoms with E-state index in [0.717, 1.165) is 18.0 Å². The van der Waals surface area contributed by atoms with Crippen molar-refractivity contribution in [2.24, 2.45) is 0 Å². The van der Waals surface area contributed by atoms with Crippen LogP contribution in [-0.4, -0.2) is 24.7 Å². The highest BCUT2D eigenvalue weighted by Gasteiger charge is 2.04. The van der Waals surface area contributed by atoms with Crippen LogP contribution in [0.4, 0.5) is 0 Å². The SMILES string of the molecule is CCNCc1nc(OCCOc2ccccc2)ccc1Cl. The van der Waals surface area contributed by atoms with Crippen molar-refractivity contribution in [3.8, 4) is 11.6 Å². The number of hydrogen-bond donors (Lipinski definition) is 1. The second kappa shape index (κ2) is 8.49. The summed E-state index contributed by atoms with van der Waals surface area (Å²) in [5, 5.41) is 3.84. The molecule has 1 heterocycles. The van der Waals surface area contributed by atoms with Gasteiger partial charge >= 0.3 is 0 Å². The van der Waals surface area contributed by atoms with Crippen molar-refractivity contribution in [1.82, 2.24) is 10.3 Å². The minimum absolute atomic E-state index is 0.435. The Balaban J connectivity index is 1.80. The third kappa shape index (κ3) is 5.25. The van der Waals surface area contributed by atoms with Crippen molar-refractivity contribution in [2.75, 3.05) is 19.8 Å². The maximum atomic E-state index is 6.09. The van der Waals surface area contributed by atoms with E-state index >= 15 is 0 Å². The van der Waals surface area contributed by atoms with Crippen molar-refractivity contribution in [3.63, 3.8) is 0 Å². The molecule has 0 aliphatic carbocycles. The van der Waals surface area contributed by atoms with E-state index in [1.54, 1.807) is 12.1 Å². The predicted molar refractivity (Wildman–Crippen MR) is 84.1 cm³/mol. The van der Waals surface area contributed by atoms with Crippen LogP contribution < -0.4 is 14.8 Å². The van der Waals surface area contributed by atoms with Crippen LogP contribution in [-0.2, 0) is 6.54 Å². The zero-order valence-corrected chi connectivity index (χ0v) is 12.8. The fourth-order valence-corrected chi connectivity index (χ4v) is 1.91. The molecule has 0 unspecified atom stereocenters. The van der Waals surface area contributed by atoms with Gasteiger partial charge in [0.1, 0.15) is 19.0 Å². The number of para-hydroxylation sites is 1. The van der Waals surface area contributed by atoms with Crippen LogP contribution in [0.2, 0.25) is 5.02 Å². The number of rotatable bonds is 8. The first-order valence-electron chi connectivity index (χ1n) is 6.96. The smallest absolute Gasteiger partial charge is 0.213 e. The highest BCUT2D eigenvalue weighted by atomic mass is 35.5. The molecular formula is C16H19ClN2O2. The normalized spacial score (nSPS) is 10.4. The molecule has 5 heteroatoms. The molecule has 1 aromatic heterocycles. The van der Waals surface area contributed by atoms with Gasteiger partial charge in [0.05, 0.1) is 10.7 Å². The average molecular weight is 307 g/mol. The van der Waals surface area contributed by atoms with E-state index in [1.807, 2.05) is 37.3 Å². The lowest BCUT2D eigenvalue weighted by molar-refractivity contribution is 0.211. The molecule has 1 N–H and O–H groups in total. The molecule has 0 aliphatic heterocycles. The summed E-state index contributed by atoms with van der Waals surface area (Å²) >= 11 is 6.09. The van der Waals surface area contributed by atoms with E-state index in [1.165, 1.54) is 0 Å². The molecule has 0 fully saturated rings. The molecule has 2 aromatic rings. The number of nitrogens with one attached hydrogen (secondary N) is 1. The summed E-state index contributed by atoms with van der Waals surface area (Å²) < 4.78 is 11.1. The number of ether oxygens (including phenoxy) is 2. The second-order valence-corrected chi connectivity index (χ2v) is 4.78. The first kappa shape index (κ1) is 15.6. The Morgan fingerprint density at radius 3 is 2.57 bits per heavy atom. The monoisotopic (exact) mass is 306 g/mol. The molecule has 0 bridgehead atoms. The van der Waals surface area contributed by atoms with E-state index in [2.05, 4.69) is 10.3 Å². The third-order valence-electron chi connectivity index (χ3n) is 2.78. The Morgan fingerprint density at radius 1 is 1.05 bits per heavy atom. The van der Waals surface area contributed by atoms with Gasteiger partial charge in [-0.2, -0.15) is 0 Å². The molecule has 0 saturated carbocycles. The molecule has 0 atom stereocenters. The Labute approximate surface area is 130 Å². The maximum absolute atomic E-state index is 6.09. The van der Waals surface area contributed by atoms with Gasteiger partial charge in [0, 0.05) is 12.6 Å². The Kier molecular flexibility index (Phi) is 6.31. The molecule has 2 rings (SSSR count). The minimum atomic E-state index is 0.435. The quantitative estimate of drug-likeness (QED) is 0.760. The number of benzene rings is 1. The Morgan fingerprint density at radius 2 is 1.81 bits per heavy atom. The molecule has 21 heavy (non-hydrogen) atoms. The lowest BCUT2D eigenvalue weighted by atomic mass is 10.3. The number of pyridine rings is 1.